The van der Waals surface area contributed by atoms with Gasteiger partial charge in [-0.1, -0.05) is 42.5 Å². The van der Waals surface area contributed by atoms with Gasteiger partial charge in [0.15, 0.2) is 0 Å². The van der Waals surface area contributed by atoms with E-state index in [0.717, 1.165) is 11.1 Å². The van der Waals surface area contributed by atoms with Gasteiger partial charge in [0.2, 0.25) is 5.91 Å². The van der Waals surface area contributed by atoms with Crippen LogP contribution in [0.15, 0.2) is 54.6 Å². The van der Waals surface area contributed by atoms with E-state index in [-0.39, 0.29) is 18.5 Å². The van der Waals surface area contributed by atoms with Crippen molar-refractivity contribution in [3.05, 3.63) is 65.7 Å². The first-order valence-electron chi connectivity index (χ1n) is 11.3. The Morgan fingerprint density at radius 3 is 2.39 bits per heavy atom. The molecule has 0 bridgehead atoms. The summed E-state index contributed by atoms with van der Waals surface area (Å²) in [5.41, 5.74) is 7.55. The maximum absolute atomic E-state index is 13.9. The van der Waals surface area contributed by atoms with Gasteiger partial charge >= 0.3 is 12.0 Å². The van der Waals surface area contributed by atoms with E-state index in [4.69, 9.17) is 10.5 Å². The van der Waals surface area contributed by atoms with Gasteiger partial charge in [0.25, 0.3) is 0 Å². The summed E-state index contributed by atoms with van der Waals surface area (Å²) >= 11 is 0. The number of benzene rings is 2. The van der Waals surface area contributed by atoms with Gasteiger partial charge in [-0.15, -0.1) is 0 Å². The zero-order chi connectivity index (χ0) is 24.2. The molecule has 2 aromatic carbocycles. The highest BCUT2D eigenvalue weighted by atomic mass is 16.6. The molecule has 3 rings (SSSR count). The van der Waals surface area contributed by atoms with Crippen molar-refractivity contribution in [3.8, 4) is 0 Å². The Morgan fingerprint density at radius 2 is 1.79 bits per heavy atom. The third-order valence-corrected chi connectivity index (χ3v) is 5.63. The highest BCUT2D eigenvalue weighted by Crippen LogP contribution is 2.34. The molecule has 1 aliphatic heterocycles. The SMILES string of the molecule is Cc1cccc(N(C(N)=O)C2CCCC(c3ccccc3)N(CC(=O)OC(C)(C)C)C2=O)c1. The molecule has 2 N–H and O–H groups in total. The third kappa shape index (κ3) is 6.12. The minimum atomic E-state index is -0.805. The molecule has 2 aromatic rings. The van der Waals surface area contributed by atoms with Gasteiger partial charge in [-0.05, 0) is 70.2 Å². The molecule has 7 heteroatoms. The maximum Gasteiger partial charge on any atom is 0.326 e. The Bertz CT molecular complexity index is 1000. The predicted molar refractivity (Wildman–Crippen MR) is 128 cm³/mol. The number of carbonyl (C=O) groups is 3. The van der Waals surface area contributed by atoms with E-state index in [1.807, 2.05) is 55.5 Å². The van der Waals surface area contributed by atoms with Gasteiger partial charge in [-0.3, -0.25) is 14.5 Å². The summed E-state index contributed by atoms with van der Waals surface area (Å²) in [6.07, 6.45) is 1.80. The molecule has 1 fully saturated rings. The standard InChI is InChI=1S/C26H33N3O4/c1-18-10-8-13-20(16-18)29(25(27)32)22-15-9-14-21(19-11-6-5-7-12-19)28(24(22)31)17-23(30)33-26(2,3)4/h5-8,10-13,16,21-22H,9,14-15,17H2,1-4H3,(H2,27,32). The van der Waals surface area contributed by atoms with Crippen molar-refractivity contribution in [2.45, 2.75) is 64.6 Å². The van der Waals surface area contributed by atoms with Crippen LogP contribution >= 0.6 is 0 Å². The lowest BCUT2D eigenvalue weighted by Gasteiger charge is -2.35. The number of primary amides is 1. The van der Waals surface area contributed by atoms with Crippen LogP contribution in [-0.4, -0.2) is 41.0 Å². The summed E-state index contributed by atoms with van der Waals surface area (Å²) in [5.74, 6) is -0.800. The lowest BCUT2D eigenvalue weighted by atomic mass is 10.0. The summed E-state index contributed by atoms with van der Waals surface area (Å²) in [6.45, 7) is 7.09. The van der Waals surface area contributed by atoms with Crippen LogP contribution in [0, 0.1) is 6.92 Å². The zero-order valence-corrected chi connectivity index (χ0v) is 19.8. The molecule has 1 aliphatic rings. The summed E-state index contributed by atoms with van der Waals surface area (Å²) in [5, 5.41) is 0. The summed E-state index contributed by atoms with van der Waals surface area (Å²) in [4.78, 5) is 42.1. The fourth-order valence-electron chi connectivity index (χ4n) is 4.33. The molecule has 0 saturated carbocycles. The van der Waals surface area contributed by atoms with E-state index in [0.29, 0.717) is 24.9 Å². The van der Waals surface area contributed by atoms with E-state index in [1.165, 1.54) is 4.90 Å². The number of urea groups is 1. The molecule has 3 amide bonds. The number of amides is 3. The second kappa shape index (κ2) is 10.1. The normalized spacial score (nSPS) is 19.0. The minimum Gasteiger partial charge on any atom is -0.459 e. The van der Waals surface area contributed by atoms with Crippen LogP contribution in [0.4, 0.5) is 10.5 Å². The molecule has 0 aromatic heterocycles. The number of anilines is 1. The number of esters is 1. The Hall–Kier alpha value is -3.35. The molecule has 7 nitrogen and oxygen atoms in total. The lowest BCUT2D eigenvalue weighted by Crippen LogP contribution is -2.53. The van der Waals surface area contributed by atoms with Crippen LogP contribution in [0.25, 0.3) is 0 Å². The average molecular weight is 452 g/mol. The number of aryl methyl sites for hydroxylation is 1. The molecule has 33 heavy (non-hydrogen) atoms. The Balaban J connectivity index is 2.00. The van der Waals surface area contributed by atoms with Gasteiger partial charge in [-0.25, -0.2) is 4.79 Å². The first-order valence-corrected chi connectivity index (χ1v) is 11.3. The average Bonchev–Trinajstić information content (AvgIpc) is 2.87. The second-order valence-corrected chi connectivity index (χ2v) is 9.47. The molecule has 0 radical (unpaired) electrons. The molecular weight excluding hydrogens is 418 g/mol. The van der Waals surface area contributed by atoms with Gasteiger partial charge in [0, 0.05) is 5.69 Å². The first kappa shape index (κ1) is 24.3. The first-order chi connectivity index (χ1) is 15.6. The van der Waals surface area contributed by atoms with Crippen LogP contribution in [0.1, 0.15) is 57.2 Å². The third-order valence-electron chi connectivity index (χ3n) is 5.63. The number of hydrogen-bond donors (Lipinski definition) is 1. The number of rotatable bonds is 5. The zero-order valence-electron chi connectivity index (χ0n) is 19.8. The van der Waals surface area contributed by atoms with Gasteiger partial charge in [0.05, 0.1) is 6.04 Å². The topological polar surface area (TPSA) is 92.9 Å². The van der Waals surface area contributed by atoms with Gasteiger partial charge in [-0.2, -0.15) is 0 Å². The summed E-state index contributed by atoms with van der Waals surface area (Å²) in [6, 6.07) is 15.2. The monoisotopic (exact) mass is 451 g/mol. The predicted octanol–water partition coefficient (Wildman–Crippen LogP) is 4.34. The molecule has 0 spiro atoms. The van der Waals surface area contributed by atoms with Crippen molar-refractivity contribution in [3.63, 3.8) is 0 Å². The van der Waals surface area contributed by atoms with E-state index < -0.39 is 23.6 Å². The fraction of sp³-hybridized carbons (Fsp3) is 0.423. The van der Waals surface area contributed by atoms with Crippen molar-refractivity contribution >= 4 is 23.6 Å². The molecular formula is C26H33N3O4. The van der Waals surface area contributed by atoms with Crippen LogP contribution in [-0.2, 0) is 14.3 Å². The summed E-state index contributed by atoms with van der Waals surface area (Å²) < 4.78 is 5.52. The van der Waals surface area contributed by atoms with Crippen molar-refractivity contribution in [1.29, 1.82) is 0 Å². The smallest absolute Gasteiger partial charge is 0.326 e. The Kier molecular flexibility index (Phi) is 7.41. The van der Waals surface area contributed by atoms with Crippen molar-refractivity contribution < 1.29 is 19.1 Å². The van der Waals surface area contributed by atoms with E-state index >= 15 is 0 Å². The molecule has 2 unspecified atom stereocenters. The molecule has 0 aliphatic carbocycles. The number of likely N-dealkylation sites (tertiary alicyclic amines) is 1. The number of nitrogens with two attached hydrogens (primary N) is 1. The molecule has 1 heterocycles. The van der Waals surface area contributed by atoms with E-state index in [2.05, 4.69) is 0 Å². The fourth-order valence-corrected chi connectivity index (χ4v) is 4.33. The van der Waals surface area contributed by atoms with Crippen molar-refractivity contribution in [2.24, 2.45) is 5.73 Å². The Labute approximate surface area is 195 Å². The maximum atomic E-state index is 13.9. The second-order valence-electron chi connectivity index (χ2n) is 9.47. The van der Waals surface area contributed by atoms with Crippen LogP contribution < -0.4 is 10.6 Å². The Morgan fingerprint density at radius 1 is 1.09 bits per heavy atom. The number of nitrogens with zero attached hydrogens (tertiary/aromatic N) is 2. The van der Waals surface area contributed by atoms with Crippen LogP contribution in [0.3, 0.4) is 0 Å². The van der Waals surface area contributed by atoms with E-state index in [1.54, 1.807) is 31.7 Å². The highest BCUT2D eigenvalue weighted by Gasteiger charge is 2.40. The van der Waals surface area contributed by atoms with Crippen molar-refractivity contribution in [1.82, 2.24) is 4.90 Å². The van der Waals surface area contributed by atoms with Gasteiger partial charge < -0.3 is 15.4 Å². The van der Waals surface area contributed by atoms with E-state index in [9.17, 15) is 14.4 Å². The number of hydrogen-bond acceptors (Lipinski definition) is 4. The van der Waals surface area contributed by atoms with Gasteiger partial charge in [0.1, 0.15) is 18.2 Å². The summed E-state index contributed by atoms with van der Waals surface area (Å²) in [7, 11) is 0. The van der Waals surface area contributed by atoms with Crippen molar-refractivity contribution in [2.75, 3.05) is 11.4 Å². The minimum absolute atomic E-state index is 0.202. The lowest BCUT2D eigenvalue weighted by molar-refractivity contribution is -0.160. The number of carbonyl (C=O) groups excluding carboxylic acids is 3. The number of ether oxygens (including phenoxy) is 1. The largest absolute Gasteiger partial charge is 0.459 e. The highest BCUT2D eigenvalue weighted by molar-refractivity contribution is 6.00. The molecule has 176 valence electrons. The quantitative estimate of drug-likeness (QED) is 0.684. The van der Waals surface area contributed by atoms with Crippen LogP contribution in [0.5, 0.6) is 0 Å². The molecule has 2 atom stereocenters. The molecule has 1 saturated heterocycles. The van der Waals surface area contributed by atoms with Crippen LogP contribution in [0.2, 0.25) is 0 Å².